The standard InChI is InChI=1S/C16H27N3O3S/c1-4-6-12-19(13-7-5-2)16(20)17-14-8-10-15(11-9-14)18-23(3,21)22/h8-11,18H,4-7,12-13H2,1-3H3,(H,17,20). The summed E-state index contributed by atoms with van der Waals surface area (Å²) in [6, 6.07) is 6.50. The molecule has 1 aromatic carbocycles. The molecule has 0 saturated heterocycles. The molecule has 2 N–H and O–H groups in total. The van der Waals surface area contributed by atoms with Crippen LogP contribution < -0.4 is 10.0 Å². The molecule has 0 aliphatic carbocycles. The number of rotatable bonds is 9. The maximum absolute atomic E-state index is 12.3. The fraction of sp³-hybridized carbons (Fsp3) is 0.562. The maximum atomic E-state index is 12.3. The van der Waals surface area contributed by atoms with E-state index in [2.05, 4.69) is 23.9 Å². The first-order valence-electron chi connectivity index (χ1n) is 7.99. The number of carbonyl (C=O) groups is 1. The van der Waals surface area contributed by atoms with Gasteiger partial charge in [-0.3, -0.25) is 4.72 Å². The summed E-state index contributed by atoms with van der Waals surface area (Å²) in [4.78, 5) is 14.2. The molecule has 0 heterocycles. The smallest absolute Gasteiger partial charge is 0.321 e. The summed E-state index contributed by atoms with van der Waals surface area (Å²) in [6.07, 6.45) is 5.15. The molecule has 0 aromatic heterocycles. The third-order valence-electron chi connectivity index (χ3n) is 3.29. The monoisotopic (exact) mass is 341 g/mol. The average molecular weight is 341 g/mol. The number of sulfonamides is 1. The predicted octanol–water partition coefficient (Wildman–Crippen LogP) is 3.49. The van der Waals surface area contributed by atoms with Crippen LogP contribution in [0.25, 0.3) is 0 Å². The van der Waals surface area contributed by atoms with Gasteiger partial charge >= 0.3 is 6.03 Å². The second kappa shape index (κ2) is 9.39. The highest BCUT2D eigenvalue weighted by Crippen LogP contribution is 2.15. The van der Waals surface area contributed by atoms with E-state index in [1.807, 2.05) is 4.90 Å². The van der Waals surface area contributed by atoms with Crippen molar-refractivity contribution in [1.29, 1.82) is 0 Å². The van der Waals surface area contributed by atoms with E-state index in [1.54, 1.807) is 24.3 Å². The summed E-state index contributed by atoms with van der Waals surface area (Å²) < 4.78 is 24.7. The molecule has 1 aromatic rings. The minimum Gasteiger partial charge on any atom is -0.325 e. The van der Waals surface area contributed by atoms with Gasteiger partial charge in [-0.15, -0.1) is 0 Å². The van der Waals surface area contributed by atoms with Gasteiger partial charge in [0.25, 0.3) is 0 Å². The van der Waals surface area contributed by atoms with Crippen LogP contribution in [0, 0.1) is 0 Å². The van der Waals surface area contributed by atoms with Gasteiger partial charge in [0, 0.05) is 24.5 Å². The van der Waals surface area contributed by atoms with Gasteiger partial charge in [-0.25, -0.2) is 13.2 Å². The van der Waals surface area contributed by atoms with Crippen molar-refractivity contribution in [2.75, 3.05) is 29.4 Å². The van der Waals surface area contributed by atoms with Gasteiger partial charge < -0.3 is 10.2 Å². The van der Waals surface area contributed by atoms with Crippen LogP contribution in [0.5, 0.6) is 0 Å². The molecule has 0 unspecified atom stereocenters. The Bertz CT molecular complexity index is 577. The molecule has 130 valence electrons. The van der Waals surface area contributed by atoms with Gasteiger partial charge in [-0.1, -0.05) is 26.7 Å². The van der Waals surface area contributed by atoms with Crippen molar-refractivity contribution >= 4 is 27.4 Å². The first kappa shape index (κ1) is 19.3. The molecule has 0 radical (unpaired) electrons. The SMILES string of the molecule is CCCCN(CCCC)C(=O)Nc1ccc(NS(C)(=O)=O)cc1. The number of hydrogen-bond acceptors (Lipinski definition) is 3. The number of nitrogens with zero attached hydrogens (tertiary/aromatic N) is 1. The van der Waals surface area contributed by atoms with Gasteiger partial charge in [-0.2, -0.15) is 0 Å². The number of benzene rings is 1. The lowest BCUT2D eigenvalue weighted by molar-refractivity contribution is 0.210. The number of urea groups is 1. The first-order valence-corrected chi connectivity index (χ1v) is 9.88. The minimum absolute atomic E-state index is 0.115. The summed E-state index contributed by atoms with van der Waals surface area (Å²) in [5.74, 6) is 0. The zero-order valence-electron chi connectivity index (χ0n) is 14.1. The molecule has 0 bridgehead atoms. The van der Waals surface area contributed by atoms with Crippen LogP contribution in [-0.4, -0.2) is 38.7 Å². The average Bonchev–Trinajstić information content (AvgIpc) is 2.48. The molecule has 0 aliphatic rings. The second-order valence-electron chi connectivity index (χ2n) is 5.58. The van der Waals surface area contributed by atoms with E-state index in [-0.39, 0.29) is 6.03 Å². The Morgan fingerprint density at radius 1 is 1.00 bits per heavy atom. The van der Waals surface area contributed by atoms with Crippen LogP contribution in [-0.2, 0) is 10.0 Å². The zero-order chi connectivity index (χ0) is 17.3. The summed E-state index contributed by atoms with van der Waals surface area (Å²) in [5.41, 5.74) is 1.12. The first-order chi connectivity index (χ1) is 10.9. The van der Waals surface area contributed by atoms with Gasteiger partial charge in [0.2, 0.25) is 10.0 Å². The van der Waals surface area contributed by atoms with Crippen LogP contribution in [0.1, 0.15) is 39.5 Å². The van der Waals surface area contributed by atoms with E-state index in [9.17, 15) is 13.2 Å². The number of amides is 2. The van der Waals surface area contributed by atoms with Crippen LogP contribution >= 0.6 is 0 Å². The van der Waals surface area contributed by atoms with Gasteiger partial charge in [-0.05, 0) is 37.1 Å². The maximum Gasteiger partial charge on any atom is 0.321 e. The molecule has 0 fully saturated rings. The molecule has 7 heteroatoms. The summed E-state index contributed by atoms with van der Waals surface area (Å²) in [5, 5.41) is 2.86. The lowest BCUT2D eigenvalue weighted by Crippen LogP contribution is -2.36. The quantitative estimate of drug-likeness (QED) is 0.721. The third kappa shape index (κ3) is 7.88. The molecular formula is C16H27N3O3S. The van der Waals surface area contributed by atoms with Crippen molar-refractivity contribution < 1.29 is 13.2 Å². The summed E-state index contributed by atoms with van der Waals surface area (Å²) in [6.45, 7) is 5.69. The number of nitrogens with one attached hydrogen (secondary N) is 2. The van der Waals surface area contributed by atoms with Crippen LogP contribution in [0.3, 0.4) is 0 Å². The molecule has 1 rings (SSSR count). The van der Waals surface area contributed by atoms with Crippen LogP contribution in [0.15, 0.2) is 24.3 Å². The van der Waals surface area contributed by atoms with Crippen molar-refractivity contribution in [1.82, 2.24) is 4.90 Å². The summed E-state index contributed by atoms with van der Waals surface area (Å²) >= 11 is 0. The number of carbonyl (C=O) groups excluding carboxylic acids is 1. The van der Waals surface area contributed by atoms with Gasteiger partial charge in [0.1, 0.15) is 0 Å². The van der Waals surface area contributed by atoms with Crippen LogP contribution in [0.2, 0.25) is 0 Å². The fourth-order valence-electron chi connectivity index (χ4n) is 2.05. The molecule has 0 spiro atoms. The van der Waals surface area contributed by atoms with E-state index in [4.69, 9.17) is 0 Å². The normalized spacial score (nSPS) is 11.1. The lowest BCUT2D eigenvalue weighted by atomic mass is 10.2. The van der Waals surface area contributed by atoms with E-state index in [0.29, 0.717) is 11.4 Å². The van der Waals surface area contributed by atoms with Gasteiger partial charge in [0.15, 0.2) is 0 Å². The molecule has 0 atom stereocenters. The Morgan fingerprint density at radius 3 is 1.91 bits per heavy atom. The largest absolute Gasteiger partial charge is 0.325 e. The van der Waals surface area contributed by atoms with E-state index < -0.39 is 10.0 Å². The lowest BCUT2D eigenvalue weighted by Gasteiger charge is -2.23. The zero-order valence-corrected chi connectivity index (χ0v) is 14.9. The highest BCUT2D eigenvalue weighted by atomic mass is 32.2. The van der Waals surface area contributed by atoms with Crippen molar-refractivity contribution in [3.63, 3.8) is 0 Å². The molecular weight excluding hydrogens is 314 g/mol. The molecule has 23 heavy (non-hydrogen) atoms. The molecule has 0 aliphatic heterocycles. The third-order valence-corrected chi connectivity index (χ3v) is 3.90. The highest BCUT2D eigenvalue weighted by molar-refractivity contribution is 7.92. The molecule has 0 saturated carbocycles. The Labute approximate surface area is 139 Å². The van der Waals surface area contributed by atoms with E-state index in [0.717, 1.165) is 45.0 Å². The minimum atomic E-state index is -3.29. The van der Waals surface area contributed by atoms with E-state index >= 15 is 0 Å². The van der Waals surface area contributed by atoms with Gasteiger partial charge in [0.05, 0.1) is 6.26 Å². The predicted molar refractivity (Wildman–Crippen MR) is 95.3 cm³/mol. The Balaban J connectivity index is 2.66. The second-order valence-corrected chi connectivity index (χ2v) is 7.32. The Kier molecular flexibility index (Phi) is 7.88. The summed E-state index contributed by atoms with van der Waals surface area (Å²) in [7, 11) is -3.29. The number of hydrogen-bond donors (Lipinski definition) is 2. The Morgan fingerprint density at radius 2 is 1.48 bits per heavy atom. The number of unbranched alkanes of at least 4 members (excludes halogenated alkanes) is 2. The van der Waals surface area contributed by atoms with Crippen molar-refractivity contribution in [3.8, 4) is 0 Å². The topological polar surface area (TPSA) is 78.5 Å². The van der Waals surface area contributed by atoms with E-state index in [1.165, 1.54) is 0 Å². The highest BCUT2D eigenvalue weighted by Gasteiger charge is 2.12. The molecule has 6 nitrogen and oxygen atoms in total. The Hall–Kier alpha value is -1.76. The number of anilines is 2. The van der Waals surface area contributed by atoms with Crippen molar-refractivity contribution in [2.45, 2.75) is 39.5 Å². The fourth-order valence-corrected chi connectivity index (χ4v) is 2.62. The van der Waals surface area contributed by atoms with Crippen LogP contribution in [0.4, 0.5) is 16.2 Å². The molecule has 2 amide bonds. The van der Waals surface area contributed by atoms with Crippen molar-refractivity contribution in [3.05, 3.63) is 24.3 Å². The van der Waals surface area contributed by atoms with Crippen molar-refractivity contribution in [2.24, 2.45) is 0 Å².